The summed E-state index contributed by atoms with van der Waals surface area (Å²) in [6, 6.07) is 11.8. The molecule has 0 spiro atoms. The number of hydrogen-bond acceptors (Lipinski definition) is 10. The Morgan fingerprint density at radius 2 is 1.66 bits per heavy atom. The van der Waals surface area contributed by atoms with Crippen LogP contribution in [0.15, 0.2) is 63.8 Å². The Labute approximate surface area is 257 Å². The maximum absolute atomic E-state index is 13.0. The van der Waals surface area contributed by atoms with Crippen LogP contribution < -0.4 is 5.32 Å². The van der Waals surface area contributed by atoms with E-state index in [-0.39, 0.29) is 11.0 Å². The van der Waals surface area contributed by atoms with Gasteiger partial charge in [0.2, 0.25) is 0 Å². The van der Waals surface area contributed by atoms with Crippen molar-refractivity contribution in [1.82, 2.24) is 9.97 Å². The van der Waals surface area contributed by atoms with Crippen LogP contribution in [0.4, 0.5) is 5.00 Å². The Kier molecular flexibility index (Phi) is 7.81. The molecule has 1 N–H and O–H groups in total. The second-order valence-corrected chi connectivity index (χ2v) is 12.8. The zero-order valence-corrected chi connectivity index (χ0v) is 25.6. The number of anilines is 1. The number of nitrogens with one attached hydrogen (secondary N) is 1. The number of esters is 2. The van der Waals surface area contributed by atoms with E-state index in [1.54, 1.807) is 48.7 Å². The summed E-state index contributed by atoms with van der Waals surface area (Å²) in [5.74, 6) is -0.279. The SMILES string of the molecule is COC(=O)c1c(NC(=O)COC(=O)c2ccc3nc(-c4ccco4)c(-c4ccco4)nc3c2)sc2c1CCC(C(C)(C)C)C2. The number of carbonyl (C=O) groups excluding carboxylic acids is 3. The summed E-state index contributed by atoms with van der Waals surface area (Å²) < 4.78 is 21.5. The van der Waals surface area contributed by atoms with Crippen molar-refractivity contribution in [3.63, 3.8) is 0 Å². The molecule has 1 aromatic carbocycles. The largest absolute Gasteiger partial charge is 0.465 e. The van der Waals surface area contributed by atoms with Crippen molar-refractivity contribution in [2.45, 2.75) is 40.0 Å². The van der Waals surface area contributed by atoms with Gasteiger partial charge in [0.05, 0.1) is 41.8 Å². The third-order valence-corrected chi connectivity index (χ3v) is 9.05. The predicted molar refractivity (Wildman–Crippen MR) is 164 cm³/mol. The van der Waals surface area contributed by atoms with Gasteiger partial charge in [-0.25, -0.2) is 19.6 Å². The van der Waals surface area contributed by atoms with Gasteiger partial charge < -0.3 is 23.6 Å². The fourth-order valence-corrected chi connectivity index (χ4v) is 6.79. The summed E-state index contributed by atoms with van der Waals surface area (Å²) in [6.07, 6.45) is 5.60. The third-order valence-electron chi connectivity index (χ3n) is 7.88. The number of fused-ring (bicyclic) bond motifs is 2. The van der Waals surface area contributed by atoms with Crippen LogP contribution in [0, 0.1) is 11.3 Å². The molecule has 1 atom stereocenters. The lowest BCUT2D eigenvalue weighted by molar-refractivity contribution is -0.119. The molecule has 0 aliphatic heterocycles. The standard InChI is InChI=1S/C33H31N3O7S/c1-33(2,3)19-10-11-20-25(16-19)44-30(27(20)32(39)40-4)36-26(37)17-43-31(38)18-9-12-21-22(15-18)35-29(24-8-6-14-42-24)28(34-21)23-7-5-13-41-23/h5-9,12-15,19H,10-11,16-17H2,1-4H3,(H,36,37). The highest BCUT2D eigenvalue weighted by atomic mass is 32.1. The third kappa shape index (κ3) is 5.74. The zero-order chi connectivity index (χ0) is 31.0. The fraction of sp³-hybridized carbons (Fsp3) is 0.303. The number of thiophene rings is 1. The van der Waals surface area contributed by atoms with Gasteiger partial charge in [0.15, 0.2) is 18.1 Å². The number of furan rings is 2. The molecule has 44 heavy (non-hydrogen) atoms. The Morgan fingerprint density at radius 3 is 2.27 bits per heavy atom. The first-order valence-corrected chi connectivity index (χ1v) is 15.0. The van der Waals surface area contributed by atoms with Gasteiger partial charge in [-0.1, -0.05) is 20.8 Å². The summed E-state index contributed by atoms with van der Waals surface area (Å²) in [4.78, 5) is 49.1. The van der Waals surface area contributed by atoms with Crippen molar-refractivity contribution >= 4 is 45.2 Å². The van der Waals surface area contributed by atoms with Crippen molar-refractivity contribution in [3.05, 3.63) is 76.6 Å². The Hall–Kier alpha value is -4.77. The molecule has 0 bridgehead atoms. The van der Waals surface area contributed by atoms with Crippen LogP contribution in [0.5, 0.6) is 0 Å². The number of methoxy groups -OCH3 is 1. The molecule has 0 saturated carbocycles. The first-order chi connectivity index (χ1) is 21.1. The number of nitrogens with zero attached hydrogens (tertiary/aromatic N) is 2. The van der Waals surface area contributed by atoms with Gasteiger partial charge >= 0.3 is 11.9 Å². The minimum absolute atomic E-state index is 0.126. The molecule has 1 unspecified atom stereocenters. The molecule has 4 aromatic heterocycles. The smallest absolute Gasteiger partial charge is 0.341 e. The van der Waals surface area contributed by atoms with E-state index in [1.165, 1.54) is 24.7 Å². The molecule has 226 valence electrons. The monoisotopic (exact) mass is 613 g/mol. The van der Waals surface area contributed by atoms with Crippen molar-refractivity contribution in [3.8, 4) is 22.9 Å². The molecule has 0 fully saturated rings. The second kappa shape index (κ2) is 11.7. The molecule has 11 heteroatoms. The van der Waals surface area contributed by atoms with Crippen LogP contribution in [0.2, 0.25) is 0 Å². The van der Waals surface area contributed by atoms with E-state index >= 15 is 0 Å². The Morgan fingerprint density at radius 1 is 0.977 bits per heavy atom. The van der Waals surface area contributed by atoms with Crippen LogP contribution in [0.25, 0.3) is 33.9 Å². The topological polar surface area (TPSA) is 134 Å². The molecule has 10 nitrogen and oxygen atoms in total. The van der Waals surface area contributed by atoms with E-state index in [9.17, 15) is 14.4 Å². The van der Waals surface area contributed by atoms with E-state index in [1.807, 2.05) is 0 Å². The number of ether oxygens (including phenoxy) is 2. The average Bonchev–Trinajstić information content (AvgIpc) is 3.79. The minimum Gasteiger partial charge on any atom is -0.465 e. The van der Waals surface area contributed by atoms with Gasteiger partial charge in [-0.15, -0.1) is 11.3 Å². The Balaban J connectivity index is 1.19. The molecule has 0 saturated heterocycles. The van der Waals surface area contributed by atoms with Crippen molar-refractivity contribution in [2.24, 2.45) is 11.3 Å². The van der Waals surface area contributed by atoms with Crippen molar-refractivity contribution in [2.75, 3.05) is 19.0 Å². The van der Waals surface area contributed by atoms with E-state index < -0.39 is 24.5 Å². The number of aromatic nitrogens is 2. The van der Waals surface area contributed by atoms with Gasteiger partial charge in [0.1, 0.15) is 16.4 Å². The van der Waals surface area contributed by atoms with Gasteiger partial charge in [-0.3, -0.25) is 4.79 Å². The normalized spacial score (nSPS) is 14.7. The fourth-order valence-electron chi connectivity index (χ4n) is 5.46. The molecular weight excluding hydrogens is 582 g/mol. The maximum atomic E-state index is 13.0. The highest BCUT2D eigenvalue weighted by Crippen LogP contribution is 2.44. The second-order valence-electron chi connectivity index (χ2n) is 11.7. The van der Waals surface area contributed by atoms with Crippen LogP contribution in [0.3, 0.4) is 0 Å². The minimum atomic E-state index is -0.704. The number of carbonyl (C=O) groups is 3. The Bertz CT molecular complexity index is 1850. The van der Waals surface area contributed by atoms with Crippen molar-refractivity contribution in [1.29, 1.82) is 0 Å². The first kappa shape index (κ1) is 29.3. The van der Waals surface area contributed by atoms with E-state index in [0.717, 1.165) is 29.7 Å². The van der Waals surface area contributed by atoms with Crippen molar-refractivity contribution < 1.29 is 32.7 Å². The zero-order valence-electron chi connectivity index (χ0n) is 24.8. The first-order valence-electron chi connectivity index (χ1n) is 14.2. The summed E-state index contributed by atoms with van der Waals surface area (Å²) in [7, 11) is 1.32. The highest BCUT2D eigenvalue weighted by Gasteiger charge is 2.34. The molecule has 1 aliphatic rings. The number of rotatable bonds is 7. The van der Waals surface area contributed by atoms with Crippen LogP contribution in [-0.2, 0) is 27.1 Å². The van der Waals surface area contributed by atoms with Crippen LogP contribution in [0.1, 0.15) is 58.3 Å². The van der Waals surface area contributed by atoms with Crippen LogP contribution >= 0.6 is 11.3 Å². The quantitative estimate of drug-likeness (QED) is 0.194. The number of benzene rings is 1. The van der Waals surface area contributed by atoms with Gasteiger partial charge in [-0.05, 0) is 78.6 Å². The van der Waals surface area contributed by atoms with Gasteiger partial charge in [0, 0.05) is 4.88 Å². The van der Waals surface area contributed by atoms with E-state index in [0.29, 0.717) is 50.4 Å². The molecule has 4 heterocycles. The number of hydrogen-bond donors (Lipinski definition) is 1. The maximum Gasteiger partial charge on any atom is 0.341 e. The summed E-state index contributed by atoms with van der Waals surface area (Å²) in [5.41, 5.74) is 3.56. The molecule has 1 aliphatic carbocycles. The molecule has 0 radical (unpaired) electrons. The molecule has 5 aromatic rings. The van der Waals surface area contributed by atoms with E-state index in [4.69, 9.17) is 28.3 Å². The summed E-state index contributed by atoms with van der Waals surface area (Å²) >= 11 is 1.38. The van der Waals surface area contributed by atoms with Crippen LogP contribution in [-0.4, -0.2) is 41.5 Å². The summed E-state index contributed by atoms with van der Waals surface area (Å²) in [5, 5.41) is 3.19. The molecule has 6 rings (SSSR count). The number of amides is 1. The van der Waals surface area contributed by atoms with Gasteiger partial charge in [0.25, 0.3) is 5.91 Å². The van der Waals surface area contributed by atoms with E-state index in [2.05, 4.69) is 26.1 Å². The predicted octanol–water partition coefficient (Wildman–Crippen LogP) is 6.94. The lowest BCUT2D eigenvalue weighted by Gasteiger charge is -2.33. The average molecular weight is 614 g/mol. The van der Waals surface area contributed by atoms with Gasteiger partial charge in [-0.2, -0.15) is 0 Å². The lowest BCUT2D eigenvalue weighted by Crippen LogP contribution is -2.26. The highest BCUT2D eigenvalue weighted by molar-refractivity contribution is 7.17. The summed E-state index contributed by atoms with van der Waals surface area (Å²) in [6.45, 7) is 6.11. The molecule has 1 amide bonds. The lowest BCUT2D eigenvalue weighted by atomic mass is 9.72. The molecular formula is C33H31N3O7S.